The molecule has 102 heavy (non-hydrogen) atoms. The van der Waals surface area contributed by atoms with Gasteiger partial charge in [-0.25, -0.2) is 4.79 Å². The molecule has 0 saturated carbocycles. The van der Waals surface area contributed by atoms with Crippen molar-refractivity contribution < 1.29 is 33.6 Å². The number of rotatable bonds is 18. The van der Waals surface area contributed by atoms with Crippen LogP contribution in [0.15, 0.2) is 350 Å². The highest BCUT2D eigenvalue weighted by Gasteiger charge is 2.11. The first kappa shape index (κ1) is 79.6. The van der Waals surface area contributed by atoms with Gasteiger partial charge in [-0.15, -0.1) is 0 Å². The summed E-state index contributed by atoms with van der Waals surface area (Å²) in [4.78, 5) is 79.4. The van der Waals surface area contributed by atoms with Gasteiger partial charge >= 0.3 is 5.97 Å². The number of nitro groups is 1. The SMILES string of the molecule is CC(=O)c1ccc(Sc2ccc(C)cc2)cc1.CC(=O)c1cccc(Sc2ccc(C)cc2)c1.CC(=O)c1ccccc1Sc1ccc(C)cc1.COC(=O)c1ccc(Sc2ccc(C)cc2)cc1.Cc1ccc(Sc2ccc(C=O)cc2)cc1.Cc1ccc(Sc2cccc([N+](=O)[O-])c2)cc1. The van der Waals surface area contributed by atoms with Gasteiger partial charge in [-0.2, -0.15) is 0 Å². The molecule has 0 saturated heterocycles. The smallest absolute Gasteiger partial charge is 0.337 e. The highest BCUT2D eigenvalue weighted by Crippen LogP contribution is 2.34. The molecule has 15 heteroatoms. The third-order valence-electron chi connectivity index (χ3n) is 14.6. The quantitative estimate of drug-likeness (QED) is 0.0265. The van der Waals surface area contributed by atoms with E-state index in [1.165, 1.54) is 77.9 Å². The molecule has 0 aromatic heterocycles. The Morgan fingerprint density at radius 1 is 0.324 bits per heavy atom. The summed E-state index contributed by atoms with van der Waals surface area (Å²) in [6.45, 7) is 17.2. The predicted octanol–water partition coefficient (Wildman–Crippen LogP) is 25.0. The van der Waals surface area contributed by atoms with Gasteiger partial charge in [0.1, 0.15) is 6.29 Å². The average Bonchev–Trinajstić information content (AvgIpc) is 0.885. The number of hydrogen-bond acceptors (Lipinski definition) is 14. The lowest BCUT2D eigenvalue weighted by Crippen LogP contribution is -2.00. The van der Waals surface area contributed by atoms with Gasteiger partial charge in [0, 0.05) is 93.1 Å². The lowest BCUT2D eigenvalue weighted by molar-refractivity contribution is -0.385. The van der Waals surface area contributed by atoms with Crippen molar-refractivity contribution in [3.63, 3.8) is 0 Å². The van der Waals surface area contributed by atoms with Crippen LogP contribution in [0.5, 0.6) is 0 Å². The van der Waals surface area contributed by atoms with E-state index in [0.717, 1.165) is 62.1 Å². The van der Waals surface area contributed by atoms with Crippen LogP contribution < -0.4 is 0 Å². The van der Waals surface area contributed by atoms with Crippen LogP contribution in [-0.4, -0.2) is 41.6 Å². The number of carbonyl (C=O) groups excluding carboxylic acids is 5. The number of Topliss-reactive ketones (excluding diaryl/α,β-unsaturated/α-hetero) is 3. The Labute approximate surface area is 625 Å². The van der Waals surface area contributed by atoms with Gasteiger partial charge in [-0.3, -0.25) is 29.3 Å². The van der Waals surface area contributed by atoms with Crippen LogP contribution in [-0.2, 0) is 4.74 Å². The Morgan fingerprint density at radius 3 is 0.961 bits per heavy atom. The second-order valence-electron chi connectivity index (χ2n) is 23.2. The number of nitro benzene ring substituents is 1. The fourth-order valence-electron chi connectivity index (χ4n) is 8.88. The maximum atomic E-state index is 11.5. The maximum Gasteiger partial charge on any atom is 0.337 e. The zero-order valence-corrected chi connectivity index (χ0v) is 63.4. The van der Waals surface area contributed by atoms with E-state index in [1.54, 1.807) is 104 Å². The topological polar surface area (TPSA) is 138 Å². The van der Waals surface area contributed by atoms with Crippen LogP contribution >= 0.6 is 70.6 Å². The van der Waals surface area contributed by atoms with Crippen LogP contribution in [0.1, 0.15) is 106 Å². The van der Waals surface area contributed by atoms with E-state index in [1.807, 2.05) is 146 Å². The third-order valence-corrected chi connectivity index (χ3v) is 20.7. The summed E-state index contributed by atoms with van der Waals surface area (Å²) in [7, 11) is 1.39. The number of ether oxygens (including phenoxy) is 1. The molecule has 0 aliphatic heterocycles. The van der Waals surface area contributed by atoms with E-state index in [2.05, 4.69) is 161 Å². The normalized spacial score (nSPS) is 10.2. The number of esters is 1. The number of hydrogen-bond donors (Lipinski definition) is 0. The summed E-state index contributed by atoms with van der Waals surface area (Å²) < 4.78 is 4.66. The molecule has 9 nitrogen and oxygen atoms in total. The molecule has 12 aromatic rings. The fourth-order valence-corrected chi connectivity index (χ4v) is 14.1. The average molecular weight is 1460 g/mol. The van der Waals surface area contributed by atoms with Gasteiger partial charge in [0.15, 0.2) is 17.3 Å². The zero-order chi connectivity index (χ0) is 73.3. The number of methoxy groups -OCH3 is 1. The van der Waals surface area contributed by atoms with Crippen LogP contribution in [0.25, 0.3) is 0 Å². The molecule has 12 aromatic carbocycles. The zero-order valence-electron chi connectivity index (χ0n) is 58.5. The second kappa shape index (κ2) is 41.9. The molecule has 0 aliphatic carbocycles. The van der Waals surface area contributed by atoms with Crippen molar-refractivity contribution >= 4 is 106 Å². The lowest BCUT2D eigenvalue weighted by Gasteiger charge is -2.06. The van der Waals surface area contributed by atoms with Crippen molar-refractivity contribution in [3.05, 3.63) is 362 Å². The minimum atomic E-state index is -0.376. The lowest BCUT2D eigenvalue weighted by atomic mass is 10.1. The molecule has 0 unspecified atom stereocenters. The summed E-state index contributed by atoms with van der Waals surface area (Å²) in [6, 6.07) is 94.8. The first-order chi connectivity index (χ1) is 49.1. The largest absolute Gasteiger partial charge is 0.465 e. The van der Waals surface area contributed by atoms with Crippen molar-refractivity contribution in [1.29, 1.82) is 0 Å². The molecule has 0 fully saturated rings. The van der Waals surface area contributed by atoms with E-state index in [4.69, 9.17) is 0 Å². The number of aldehydes is 1. The van der Waals surface area contributed by atoms with Gasteiger partial charge in [0.05, 0.1) is 17.6 Å². The molecule has 516 valence electrons. The number of aryl methyl sites for hydroxylation is 6. The Morgan fingerprint density at radius 2 is 0.627 bits per heavy atom. The number of carbonyl (C=O) groups is 5. The van der Waals surface area contributed by atoms with Crippen molar-refractivity contribution in [2.24, 2.45) is 0 Å². The molecular formula is C87H79NO8S6. The van der Waals surface area contributed by atoms with Gasteiger partial charge < -0.3 is 4.74 Å². The Hall–Kier alpha value is -9.71. The highest BCUT2D eigenvalue weighted by molar-refractivity contribution is 8.00. The van der Waals surface area contributed by atoms with Crippen molar-refractivity contribution in [1.82, 2.24) is 0 Å². The molecule has 0 heterocycles. The number of nitrogens with zero attached hydrogens (tertiary/aromatic N) is 1. The fraction of sp³-hybridized carbons (Fsp3) is 0.115. The summed E-state index contributed by atoms with van der Waals surface area (Å²) in [5.41, 5.74) is 11.2. The molecule has 0 atom stereocenters. The third kappa shape index (κ3) is 28.4. The molecule has 12 rings (SSSR count). The molecule has 0 aliphatic rings. The minimum absolute atomic E-state index is 0.108. The van der Waals surface area contributed by atoms with Crippen LogP contribution in [0.3, 0.4) is 0 Å². The van der Waals surface area contributed by atoms with Crippen molar-refractivity contribution in [3.8, 4) is 0 Å². The van der Waals surface area contributed by atoms with E-state index < -0.39 is 0 Å². The summed E-state index contributed by atoms with van der Waals surface area (Å²) in [6.07, 6.45) is 0.861. The summed E-state index contributed by atoms with van der Waals surface area (Å²) >= 11 is 9.91. The first-order valence-electron chi connectivity index (χ1n) is 32.4. The number of non-ortho nitro benzene ring substituents is 1. The number of benzene rings is 12. The summed E-state index contributed by atoms with van der Waals surface area (Å²) in [5.74, 6) is 0.0235. The molecular weight excluding hydrogens is 1380 g/mol. The number of ketones is 3. The van der Waals surface area contributed by atoms with Gasteiger partial charge in [0.2, 0.25) is 0 Å². The Kier molecular flexibility index (Phi) is 32.7. The molecule has 0 radical (unpaired) electrons. The van der Waals surface area contributed by atoms with E-state index >= 15 is 0 Å². The predicted molar refractivity (Wildman–Crippen MR) is 424 cm³/mol. The summed E-state index contributed by atoms with van der Waals surface area (Å²) in [5, 5.41) is 10.6. The second-order valence-corrected chi connectivity index (χ2v) is 30.0. The molecule has 0 bridgehead atoms. The van der Waals surface area contributed by atoms with E-state index in [0.29, 0.717) is 11.1 Å². The Balaban J connectivity index is 0.000000172. The van der Waals surface area contributed by atoms with Gasteiger partial charge in [-0.1, -0.05) is 237 Å². The van der Waals surface area contributed by atoms with Crippen LogP contribution in [0.2, 0.25) is 0 Å². The van der Waals surface area contributed by atoms with Gasteiger partial charge in [-0.05, 0) is 208 Å². The monoisotopic (exact) mass is 1460 g/mol. The van der Waals surface area contributed by atoms with E-state index in [-0.39, 0.29) is 33.9 Å². The minimum Gasteiger partial charge on any atom is -0.465 e. The van der Waals surface area contributed by atoms with Crippen molar-refractivity contribution in [2.75, 3.05) is 7.11 Å². The first-order valence-corrected chi connectivity index (χ1v) is 37.3. The molecule has 0 amide bonds. The van der Waals surface area contributed by atoms with Crippen LogP contribution in [0.4, 0.5) is 5.69 Å². The van der Waals surface area contributed by atoms with Crippen LogP contribution in [0, 0.1) is 51.7 Å². The van der Waals surface area contributed by atoms with E-state index in [9.17, 15) is 34.1 Å². The molecule has 0 N–H and O–H groups in total. The highest BCUT2D eigenvalue weighted by atomic mass is 32.2. The van der Waals surface area contributed by atoms with Gasteiger partial charge in [0.25, 0.3) is 5.69 Å². The Bertz CT molecular complexity index is 4570. The maximum absolute atomic E-state index is 11.5. The standard InChI is InChI=1S/C15H14O2S.3C15H14OS.C14H12OS.C13H11NO2S/c1-11-3-7-13(8-4-11)18-14-9-5-12(6-10-14)15(16)17-2;1-11-3-7-14(8-4-11)17-15-9-5-13(6-10-15)12(2)16;1-11-6-8-14(9-7-11)17-15-5-3-4-13(10-15)12(2)16;1-11-7-9-13(10-8-11)17-15-6-4-3-5-14(15)12(2)16;1-11-2-6-13(7-3-11)16-14-8-4-12(10-15)5-9-14;1-10-5-7-12(8-6-10)17-13-4-2-3-11(9-13)14(15)16/h3-10H,1-2H3;3*3-10H,1-2H3;2-10H,1H3;2-9H,1H3. The molecule has 0 spiro atoms. The van der Waals surface area contributed by atoms with Crippen molar-refractivity contribution in [2.45, 2.75) is 121 Å².